The van der Waals surface area contributed by atoms with Crippen molar-refractivity contribution in [3.63, 3.8) is 0 Å². The summed E-state index contributed by atoms with van der Waals surface area (Å²) in [6.45, 7) is 8.68. The van der Waals surface area contributed by atoms with Crippen LogP contribution in [0.15, 0.2) is 70.5 Å². The molecule has 0 atom stereocenters. The normalized spacial score (nSPS) is 16.4. The zero-order valence-corrected chi connectivity index (χ0v) is 28.3. The number of fused-ring (bicyclic) bond motifs is 2. The van der Waals surface area contributed by atoms with Crippen LogP contribution < -0.4 is 10.9 Å². The van der Waals surface area contributed by atoms with Gasteiger partial charge in [-0.2, -0.15) is 0 Å². The van der Waals surface area contributed by atoms with E-state index in [1.807, 2.05) is 51.4 Å². The summed E-state index contributed by atoms with van der Waals surface area (Å²) < 4.78 is 4.64. The van der Waals surface area contributed by atoms with Crippen LogP contribution in [0.4, 0.5) is 0 Å². The average molecular weight is 741 g/mol. The Kier molecular flexibility index (Phi) is 9.70. The number of aryl methyl sites for hydroxylation is 1. The van der Waals surface area contributed by atoms with E-state index in [9.17, 15) is 19.8 Å². The molecule has 0 bridgehead atoms. The van der Waals surface area contributed by atoms with Crippen LogP contribution in [0.25, 0.3) is 0 Å². The number of rotatable bonds is 6. The minimum Gasteiger partial charge on any atom is -0.503 e. The molecule has 0 unspecified atom stereocenters. The molecule has 0 amide bonds. The van der Waals surface area contributed by atoms with Crippen LogP contribution >= 0.6 is 34.2 Å². The van der Waals surface area contributed by atoms with Crippen molar-refractivity contribution in [1.82, 2.24) is 18.9 Å². The zero-order valence-electron chi connectivity index (χ0n) is 25.4. The molecule has 0 radical (unpaired) electrons. The number of pyridine rings is 2. The van der Waals surface area contributed by atoms with Gasteiger partial charge in [0.2, 0.25) is 10.9 Å². The number of aromatic hydroxyl groups is 2. The predicted octanol–water partition coefficient (Wildman–Crippen LogP) is 5.84. The molecule has 2 aliphatic heterocycles. The second kappa shape index (κ2) is 13.7. The molecule has 8 nitrogen and oxygen atoms in total. The molecular formula is C35H38ClIN4O4. The molecule has 10 heteroatoms. The highest BCUT2D eigenvalue weighted by Gasteiger charge is 2.33. The molecule has 0 saturated heterocycles. The summed E-state index contributed by atoms with van der Waals surface area (Å²) in [5.74, 6) is 0.0848. The summed E-state index contributed by atoms with van der Waals surface area (Å²) in [5, 5.41) is 20.3. The van der Waals surface area contributed by atoms with Gasteiger partial charge in [-0.05, 0) is 70.5 Å². The Morgan fingerprint density at radius 2 is 1.36 bits per heavy atom. The van der Waals surface area contributed by atoms with E-state index in [1.165, 1.54) is 17.3 Å². The van der Waals surface area contributed by atoms with Crippen molar-refractivity contribution in [1.29, 1.82) is 0 Å². The quantitative estimate of drug-likeness (QED) is 0.242. The van der Waals surface area contributed by atoms with E-state index in [0.717, 1.165) is 92.6 Å². The fourth-order valence-corrected chi connectivity index (χ4v) is 7.20. The molecule has 4 heterocycles. The molecule has 1 aliphatic carbocycles. The van der Waals surface area contributed by atoms with Gasteiger partial charge in [0.1, 0.15) is 0 Å². The molecule has 2 N–H and O–H groups in total. The molecule has 7 rings (SSSR count). The van der Waals surface area contributed by atoms with Crippen molar-refractivity contribution in [2.75, 3.05) is 13.1 Å². The first kappa shape index (κ1) is 31.8. The van der Waals surface area contributed by atoms with Crippen molar-refractivity contribution in [3.8, 4) is 11.5 Å². The Bertz CT molecular complexity index is 1820. The largest absolute Gasteiger partial charge is 0.503 e. The highest BCUT2D eigenvalue weighted by atomic mass is 127. The molecule has 2 aromatic heterocycles. The zero-order chi connectivity index (χ0) is 31.7. The molecular weight excluding hydrogens is 703 g/mol. The lowest BCUT2D eigenvalue weighted by Gasteiger charge is -2.32. The standard InChI is InChI=1S/C20H24N2O2.C15H14ClIN2O2/c1-2-14-3-5-15(6-4-14)11-21-9-10-22-13-18(23)20(24)19(16-7-8-16)17(22)12-21;16-11-4-2-1-3-10(11)7-18-5-6-19-9-13(20)15(21)14(17)12(19)8-18/h3-6,13,16,23H,2,7-12H2,1H3;1-4,9,20H,5-8H2. The van der Waals surface area contributed by atoms with Gasteiger partial charge in [0, 0.05) is 74.3 Å². The maximum absolute atomic E-state index is 12.4. The first-order chi connectivity index (χ1) is 21.7. The number of aromatic nitrogens is 2. The van der Waals surface area contributed by atoms with E-state index in [-0.39, 0.29) is 22.4 Å². The van der Waals surface area contributed by atoms with E-state index >= 15 is 0 Å². The van der Waals surface area contributed by atoms with Crippen molar-refractivity contribution < 1.29 is 10.2 Å². The van der Waals surface area contributed by atoms with Crippen LogP contribution in [0.1, 0.15) is 59.3 Å². The summed E-state index contributed by atoms with van der Waals surface area (Å²) in [6, 6.07) is 16.6. The summed E-state index contributed by atoms with van der Waals surface area (Å²) in [6.07, 6.45) is 6.37. The molecule has 1 saturated carbocycles. The Morgan fingerprint density at radius 1 is 0.778 bits per heavy atom. The van der Waals surface area contributed by atoms with Gasteiger partial charge in [0.25, 0.3) is 0 Å². The summed E-state index contributed by atoms with van der Waals surface area (Å²) in [7, 11) is 0. The topological polar surface area (TPSA) is 90.9 Å². The second-order valence-corrected chi connectivity index (χ2v) is 13.6. The first-order valence-corrected chi connectivity index (χ1v) is 17.0. The maximum Gasteiger partial charge on any atom is 0.236 e. The van der Waals surface area contributed by atoms with Gasteiger partial charge in [-0.15, -0.1) is 0 Å². The van der Waals surface area contributed by atoms with Gasteiger partial charge in [-0.25, -0.2) is 0 Å². The molecule has 236 valence electrons. The molecule has 1 fully saturated rings. The Balaban J connectivity index is 0.000000160. The lowest BCUT2D eigenvalue weighted by atomic mass is 10.0. The molecule has 45 heavy (non-hydrogen) atoms. The van der Waals surface area contributed by atoms with Crippen molar-refractivity contribution >= 4 is 34.2 Å². The number of hydrogen-bond donors (Lipinski definition) is 2. The van der Waals surface area contributed by atoms with Gasteiger partial charge < -0.3 is 19.3 Å². The monoisotopic (exact) mass is 740 g/mol. The van der Waals surface area contributed by atoms with Crippen LogP contribution in [0.3, 0.4) is 0 Å². The highest BCUT2D eigenvalue weighted by molar-refractivity contribution is 14.1. The van der Waals surface area contributed by atoms with Gasteiger partial charge in [0.15, 0.2) is 11.5 Å². The van der Waals surface area contributed by atoms with E-state index in [4.69, 9.17) is 11.6 Å². The predicted molar refractivity (Wildman–Crippen MR) is 185 cm³/mol. The molecule has 3 aliphatic rings. The Hall–Kier alpha value is -3.12. The van der Waals surface area contributed by atoms with E-state index < -0.39 is 0 Å². The highest BCUT2D eigenvalue weighted by Crippen LogP contribution is 2.41. The van der Waals surface area contributed by atoms with E-state index in [1.54, 1.807) is 6.20 Å². The maximum atomic E-state index is 12.4. The Morgan fingerprint density at radius 3 is 2.00 bits per heavy atom. The van der Waals surface area contributed by atoms with Crippen LogP contribution in [0, 0.1) is 3.57 Å². The summed E-state index contributed by atoms with van der Waals surface area (Å²) >= 11 is 8.22. The van der Waals surface area contributed by atoms with Crippen LogP contribution in [0.2, 0.25) is 5.02 Å². The van der Waals surface area contributed by atoms with Crippen LogP contribution in [0.5, 0.6) is 11.5 Å². The lowest BCUT2D eigenvalue weighted by molar-refractivity contribution is 0.208. The van der Waals surface area contributed by atoms with Crippen molar-refractivity contribution in [2.24, 2.45) is 0 Å². The fraction of sp³-hybridized carbons (Fsp3) is 0.371. The smallest absolute Gasteiger partial charge is 0.236 e. The average Bonchev–Trinajstić information content (AvgIpc) is 3.88. The van der Waals surface area contributed by atoms with Gasteiger partial charge in [0.05, 0.1) is 16.0 Å². The number of halogens is 2. The van der Waals surface area contributed by atoms with E-state index in [2.05, 4.69) is 45.6 Å². The SMILES string of the molecule is CCc1ccc(CN2CCn3cc(O)c(=O)c(C4CC4)c3C2)cc1.O=c1c(O)cn2c(c1I)CN(Cc1ccccc1Cl)CC2. The van der Waals surface area contributed by atoms with Gasteiger partial charge >= 0.3 is 0 Å². The van der Waals surface area contributed by atoms with Crippen molar-refractivity contribution in [2.45, 2.75) is 71.4 Å². The number of benzene rings is 2. The van der Waals surface area contributed by atoms with Gasteiger partial charge in [-0.1, -0.05) is 61.0 Å². The molecule has 2 aromatic carbocycles. The third kappa shape index (κ3) is 7.16. The second-order valence-electron chi connectivity index (χ2n) is 12.2. The third-order valence-electron chi connectivity index (χ3n) is 8.96. The summed E-state index contributed by atoms with van der Waals surface area (Å²) in [5.41, 5.74) is 6.24. The first-order valence-electron chi connectivity index (χ1n) is 15.5. The third-order valence-corrected chi connectivity index (χ3v) is 10.4. The van der Waals surface area contributed by atoms with Crippen molar-refractivity contribution in [3.05, 3.63) is 124 Å². The lowest BCUT2D eigenvalue weighted by Crippen LogP contribution is -2.36. The fourth-order valence-electron chi connectivity index (χ4n) is 6.25. The van der Waals surface area contributed by atoms with Crippen LogP contribution in [-0.2, 0) is 45.7 Å². The number of hydrogen-bond acceptors (Lipinski definition) is 6. The molecule has 4 aromatic rings. The molecule has 0 spiro atoms. The Labute approximate surface area is 281 Å². The van der Waals surface area contributed by atoms with Crippen LogP contribution in [-0.4, -0.2) is 42.2 Å². The van der Waals surface area contributed by atoms with Gasteiger partial charge in [-0.3, -0.25) is 19.4 Å². The minimum atomic E-state index is -0.290. The summed E-state index contributed by atoms with van der Waals surface area (Å²) in [4.78, 5) is 28.9. The minimum absolute atomic E-state index is 0.0933. The number of nitrogens with zero attached hydrogens (tertiary/aromatic N) is 4. The van der Waals surface area contributed by atoms with E-state index in [0.29, 0.717) is 16.0 Å².